The molecule has 1 heterocycles. The number of halogens is 3. The van der Waals surface area contributed by atoms with Crippen LogP contribution < -0.4 is 5.32 Å². The van der Waals surface area contributed by atoms with Crippen LogP contribution in [0.5, 0.6) is 0 Å². The molecule has 0 radical (unpaired) electrons. The Morgan fingerprint density at radius 2 is 1.85 bits per heavy atom. The van der Waals surface area contributed by atoms with Crippen molar-refractivity contribution in [1.82, 2.24) is 9.80 Å². The van der Waals surface area contributed by atoms with Crippen molar-refractivity contribution in [2.24, 2.45) is 0 Å². The number of piperazine rings is 1. The molecule has 2 rings (SSSR count). The molecule has 1 aliphatic rings. The molecule has 0 aliphatic carbocycles. The largest absolute Gasteiger partial charge is 0.480 e. The van der Waals surface area contributed by atoms with Gasteiger partial charge in [-0.2, -0.15) is 13.2 Å². The average molecular weight is 389 g/mol. The Balaban J connectivity index is 1.86. The Morgan fingerprint density at radius 1 is 1.22 bits per heavy atom. The van der Waals surface area contributed by atoms with Crippen LogP contribution in [-0.4, -0.2) is 72.0 Å². The highest BCUT2D eigenvalue weighted by molar-refractivity contribution is 5.73. The molecular formula is C17H22F3N3O4. The smallest absolute Gasteiger partial charge is 0.425 e. The predicted octanol–water partition coefficient (Wildman–Crippen LogP) is 2.39. The van der Waals surface area contributed by atoms with Crippen LogP contribution >= 0.6 is 0 Å². The average Bonchev–Trinajstić information content (AvgIpc) is 2.60. The van der Waals surface area contributed by atoms with Gasteiger partial charge in [-0.15, -0.1) is 0 Å². The van der Waals surface area contributed by atoms with Gasteiger partial charge < -0.3 is 20.1 Å². The molecule has 1 aromatic rings. The molecule has 1 amide bonds. The number of ether oxygens (including phenoxy) is 1. The second-order valence-corrected chi connectivity index (χ2v) is 6.24. The van der Waals surface area contributed by atoms with Gasteiger partial charge >= 0.3 is 18.2 Å². The number of nitrogens with one attached hydrogen (secondary N) is 1. The van der Waals surface area contributed by atoms with E-state index < -0.39 is 24.3 Å². The Kier molecular flexibility index (Phi) is 6.89. The zero-order valence-corrected chi connectivity index (χ0v) is 14.8. The van der Waals surface area contributed by atoms with Crippen molar-refractivity contribution in [3.05, 3.63) is 29.8 Å². The first-order valence-electron chi connectivity index (χ1n) is 8.45. The second-order valence-electron chi connectivity index (χ2n) is 6.24. The summed E-state index contributed by atoms with van der Waals surface area (Å²) in [5, 5.41) is 11.6. The Morgan fingerprint density at radius 3 is 2.44 bits per heavy atom. The number of para-hydroxylation sites is 1. The first kappa shape index (κ1) is 20.8. The highest BCUT2D eigenvalue weighted by Crippen LogP contribution is 2.23. The van der Waals surface area contributed by atoms with Crippen LogP contribution in [0.3, 0.4) is 0 Å². The summed E-state index contributed by atoms with van der Waals surface area (Å²) in [6.45, 7) is 2.60. The maximum atomic E-state index is 12.5. The number of carbonyl (C=O) groups is 2. The molecule has 2 N–H and O–H groups in total. The van der Waals surface area contributed by atoms with E-state index in [1.54, 1.807) is 12.1 Å². The zero-order valence-electron chi connectivity index (χ0n) is 14.8. The van der Waals surface area contributed by atoms with Crippen molar-refractivity contribution in [1.29, 1.82) is 0 Å². The molecule has 7 nitrogen and oxygen atoms in total. The van der Waals surface area contributed by atoms with Crippen LogP contribution in [0.15, 0.2) is 24.3 Å². The number of anilines is 1. The van der Waals surface area contributed by atoms with Gasteiger partial charge in [0.25, 0.3) is 0 Å². The van der Waals surface area contributed by atoms with Crippen molar-refractivity contribution in [2.45, 2.75) is 25.7 Å². The maximum absolute atomic E-state index is 12.5. The lowest BCUT2D eigenvalue weighted by atomic mass is 10.1. The monoisotopic (exact) mass is 389 g/mol. The van der Waals surface area contributed by atoms with Crippen molar-refractivity contribution in [2.75, 3.05) is 38.0 Å². The SMILES string of the molecule is CC(OC(=O)N1CCN(Cc2ccccc2NCC(=O)O)CC1)C(F)(F)F. The van der Waals surface area contributed by atoms with Crippen LogP contribution in [0.4, 0.5) is 23.7 Å². The molecule has 10 heteroatoms. The number of amides is 1. The fraction of sp³-hybridized carbons (Fsp3) is 0.529. The highest BCUT2D eigenvalue weighted by atomic mass is 19.4. The van der Waals surface area contributed by atoms with Crippen LogP contribution in [0.2, 0.25) is 0 Å². The number of rotatable bonds is 6. The molecule has 1 aliphatic heterocycles. The summed E-state index contributed by atoms with van der Waals surface area (Å²) in [6.07, 6.45) is -7.69. The Bertz CT molecular complexity index is 661. The molecule has 1 fully saturated rings. The second kappa shape index (κ2) is 8.94. The minimum absolute atomic E-state index is 0.200. The molecule has 150 valence electrons. The van der Waals surface area contributed by atoms with Gasteiger partial charge in [0.1, 0.15) is 6.54 Å². The van der Waals surface area contributed by atoms with Gasteiger partial charge in [-0.25, -0.2) is 4.79 Å². The molecular weight excluding hydrogens is 367 g/mol. The summed E-state index contributed by atoms with van der Waals surface area (Å²) in [6, 6.07) is 7.29. The van der Waals surface area contributed by atoms with E-state index in [-0.39, 0.29) is 19.6 Å². The third-order valence-electron chi connectivity index (χ3n) is 4.21. The molecule has 0 spiro atoms. The maximum Gasteiger partial charge on any atom is 0.425 e. The highest BCUT2D eigenvalue weighted by Gasteiger charge is 2.40. The number of alkyl halides is 3. The minimum Gasteiger partial charge on any atom is -0.480 e. The van der Waals surface area contributed by atoms with E-state index in [0.717, 1.165) is 12.5 Å². The van der Waals surface area contributed by atoms with Gasteiger partial charge in [-0.3, -0.25) is 9.69 Å². The van der Waals surface area contributed by atoms with Gasteiger partial charge in [0.05, 0.1) is 0 Å². The number of carboxylic acid groups (broad SMARTS) is 1. The van der Waals surface area contributed by atoms with Crippen LogP contribution in [-0.2, 0) is 16.1 Å². The van der Waals surface area contributed by atoms with Crippen molar-refractivity contribution in [3.63, 3.8) is 0 Å². The minimum atomic E-state index is -4.58. The van der Waals surface area contributed by atoms with Gasteiger partial charge in [0, 0.05) is 38.4 Å². The number of benzene rings is 1. The van der Waals surface area contributed by atoms with Crippen LogP contribution in [0.1, 0.15) is 12.5 Å². The standard InChI is InChI=1S/C17H22F3N3O4/c1-12(17(18,19)20)27-16(26)23-8-6-22(7-9-23)11-13-4-2-3-5-14(13)21-10-15(24)25/h2-5,12,21H,6-11H2,1H3,(H,24,25). The number of carboxylic acids is 1. The Labute approximate surface area is 154 Å². The molecule has 1 saturated heterocycles. The number of aliphatic carboxylic acids is 1. The van der Waals surface area contributed by atoms with E-state index in [1.165, 1.54) is 4.90 Å². The predicted molar refractivity (Wildman–Crippen MR) is 91.4 cm³/mol. The first-order valence-corrected chi connectivity index (χ1v) is 8.45. The topological polar surface area (TPSA) is 82.1 Å². The fourth-order valence-corrected chi connectivity index (χ4v) is 2.62. The summed E-state index contributed by atoms with van der Waals surface area (Å²) in [7, 11) is 0. The number of hydrogen-bond acceptors (Lipinski definition) is 5. The molecule has 0 saturated carbocycles. The van der Waals surface area contributed by atoms with Crippen LogP contribution in [0, 0.1) is 0 Å². The van der Waals surface area contributed by atoms with Gasteiger partial charge in [0.2, 0.25) is 0 Å². The van der Waals surface area contributed by atoms with Crippen molar-refractivity contribution >= 4 is 17.7 Å². The van der Waals surface area contributed by atoms with E-state index in [4.69, 9.17) is 5.11 Å². The lowest BCUT2D eigenvalue weighted by molar-refractivity contribution is -0.200. The summed E-state index contributed by atoms with van der Waals surface area (Å²) in [4.78, 5) is 25.9. The lowest BCUT2D eigenvalue weighted by Gasteiger charge is -2.35. The van der Waals surface area contributed by atoms with Gasteiger partial charge in [-0.1, -0.05) is 18.2 Å². The molecule has 1 atom stereocenters. The zero-order chi connectivity index (χ0) is 20.0. The summed E-state index contributed by atoms with van der Waals surface area (Å²) < 4.78 is 41.9. The fourth-order valence-electron chi connectivity index (χ4n) is 2.62. The molecule has 0 bridgehead atoms. The molecule has 0 aromatic heterocycles. The Hall–Kier alpha value is -2.49. The normalized spacial score (nSPS) is 16.7. The molecule has 1 unspecified atom stereocenters. The molecule has 1 aromatic carbocycles. The van der Waals surface area contributed by atoms with E-state index in [9.17, 15) is 22.8 Å². The van der Waals surface area contributed by atoms with Crippen molar-refractivity contribution < 1.29 is 32.6 Å². The number of nitrogens with zero attached hydrogens (tertiary/aromatic N) is 2. The number of carbonyl (C=O) groups excluding carboxylic acids is 1. The third-order valence-corrected chi connectivity index (χ3v) is 4.21. The van der Waals surface area contributed by atoms with E-state index >= 15 is 0 Å². The lowest BCUT2D eigenvalue weighted by Crippen LogP contribution is -2.49. The summed E-state index contributed by atoms with van der Waals surface area (Å²) in [5.74, 6) is -0.968. The summed E-state index contributed by atoms with van der Waals surface area (Å²) >= 11 is 0. The van der Waals surface area contributed by atoms with Gasteiger partial charge in [-0.05, 0) is 18.6 Å². The molecule has 27 heavy (non-hydrogen) atoms. The van der Waals surface area contributed by atoms with E-state index in [1.807, 2.05) is 17.0 Å². The van der Waals surface area contributed by atoms with E-state index in [0.29, 0.717) is 25.3 Å². The summed E-state index contributed by atoms with van der Waals surface area (Å²) in [5.41, 5.74) is 1.61. The van der Waals surface area contributed by atoms with Gasteiger partial charge in [0.15, 0.2) is 6.10 Å². The quantitative estimate of drug-likeness (QED) is 0.778. The van der Waals surface area contributed by atoms with Crippen molar-refractivity contribution in [3.8, 4) is 0 Å². The third kappa shape index (κ3) is 6.31. The van der Waals surface area contributed by atoms with Crippen LogP contribution in [0.25, 0.3) is 0 Å². The first-order chi connectivity index (χ1) is 12.7. The van der Waals surface area contributed by atoms with E-state index in [2.05, 4.69) is 10.1 Å². The number of hydrogen-bond donors (Lipinski definition) is 2.